The minimum Gasteiger partial charge on any atom is -0.496 e. The molecule has 1 aromatic heterocycles. The molecule has 1 aromatic carbocycles. The Morgan fingerprint density at radius 2 is 2.20 bits per heavy atom. The van der Waals surface area contributed by atoms with Crippen LogP contribution in [0.5, 0.6) is 5.75 Å². The molecule has 2 N–H and O–H groups in total. The van der Waals surface area contributed by atoms with Gasteiger partial charge in [-0.2, -0.15) is 0 Å². The number of β-amino-alcohol motifs (C(OH)–C–C–N with tert-alkyl or cyclic N) is 1. The van der Waals surface area contributed by atoms with Gasteiger partial charge in [-0.3, -0.25) is 14.7 Å². The number of carbonyl (C=O) groups is 1. The summed E-state index contributed by atoms with van der Waals surface area (Å²) >= 11 is 0. The Bertz CT molecular complexity index is 742. The van der Waals surface area contributed by atoms with Gasteiger partial charge >= 0.3 is 0 Å². The molecule has 0 spiro atoms. The van der Waals surface area contributed by atoms with E-state index in [0.29, 0.717) is 36.6 Å². The van der Waals surface area contributed by atoms with Crippen molar-refractivity contribution in [3.8, 4) is 5.75 Å². The third-order valence-corrected chi connectivity index (χ3v) is 4.26. The number of aliphatic hydroxyl groups is 1. The smallest absolute Gasteiger partial charge is 0.270 e. The predicted octanol–water partition coefficient (Wildman–Crippen LogP) is 1.20. The molecule has 1 fully saturated rings. The third kappa shape index (κ3) is 3.94. The first kappa shape index (κ1) is 17.3. The molecule has 6 nitrogen and oxygen atoms in total. The zero-order valence-electron chi connectivity index (χ0n) is 13.9. The number of halogens is 1. The number of hydrogen-bond donors (Lipinski definition) is 2. The summed E-state index contributed by atoms with van der Waals surface area (Å²) in [4.78, 5) is 18.1. The van der Waals surface area contributed by atoms with Crippen LogP contribution in [0.25, 0.3) is 0 Å². The maximum Gasteiger partial charge on any atom is 0.270 e. The van der Waals surface area contributed by atoms with Crippen LogP contribution in [0, 0.1) is 5.82 Å². The molecule has 0 aliphatic carbocycles. The van der Waals surface area contributed by atoms with Crippen LogP contribution in [0.3, 0.4) is 0 Å². The number of likely N-dealkylation sites (tertiary alicyclic amines) is 1. The number of aromatic nitrogens is 1. The highest BCUT2D eigenvalue weighted by molar-refractivity contribution is 5.92. The van der Waals surface area contributed by atoms with Crippen LogP contribution in [0.1, 0.15) is 16.1 Å². The largest absolute Gasteiger partial charge is 0.496 e. The van der Waals surface area contributed by atoms with Crippen LogP contribution in [-0.4, -0.2) is 53.2 Å². The molecule has 0 bridgehead atoms. The van der Waals surface area contributed by atoms with Gasteiger partial charge < -0.3 is 15.2 Å². The summed E-state index contributed by atoms with van der Waals surface area (Å²) < 4.78 is 19.3. The molecular formula is C18H20FN3O3. The Labute approximate surface area is 145 Å². The van der Waals surface area contributed by atoms with Gasteiger partial charge in [-0.25, -0.2) is 4.39 Å². The Hall–Kier alpha value is -2.51. The second kappa shape index (κ2) is 7.58. The molecule has 132 valence electrons. The molecule has 2 aromatic rings. The van der Waals surface area contributed by atoms with Gasteiger partial charge in [0.25, 0.3) is 5.91 Å². The highest BCUT2D eigenvalue weighted by Gasteiger charge is 2.33. The first-order valence-corrected chi connectivity index (χ1v) is 8.02. The fourth-order valence-electron chi connectivity index (χ4n) is 2.98. The number of ether oxygens (including phenoxy) is 1. The summed E-state index contributed by atoms with van der Waals surface area (Å²) in [5, 5.41) is 13.0. The summed E-state index contributed by atoms with van der Waals surface area (Å²) in [7, 11) is 1.49. The van der Waals surface area contributed by atoms with Crippen molar-refractivity contribution in [1.29, 1.82) is 0 Å². The zero-order valence-corrected chi connectivity index (χ0v) is 13.9. The van der Waals surface area contributed by atoms with Crippen LogP contribution in [-0.2, 0) is 6.54 Å². The maximum absolute atomic E-state index is 14.1. The highest BCUT2D eigenvalue weighted by atomic mass is 19.1. The lowest BCUT2D eigenvalue weighted by molar-refractivity contribution is 0.0883. The summed E-state index contributed by atoms with van der Waals surface area (Å²) in [5.74, 6) is -0.222. The molecule has 1 amide bonds. The molecular weight excluding hydrogens is 325 g/mol. The number of hydrogen-bond acceptors (Lipinski definition) is 5. The van der Waals surface area contributed by atoms with Crippen molar-refractivity contribution < 1.29 is 19.0 Å². The number of rotatable bonds is 5. The van der Waals surface area contributed by atoms with Gasteiger partial charge in [-0.15, -0.1) is 0 Å². The van der Waals surface area contributed by atoms with Crippen LogP contribution < -0.4 is 10.1 Å². The Morgan fingerprint density at radius 1 is 1.36 bits per heavy atom. The van der Waals surface area contributed by atoms with Gasteiger partial charge in [0.1, 0.15) is 17.3 Å². The molecule has 0 unspecified atom stereocenters. The number of aliphatic hydroxyl groups excluding tert-OH is 1. The van der Waals surface area contributed by atoms with Crippen molar-refractivity contribution in [2.45, 2.75) is 18.7 Å². The number of nitrogens with one attached hydrogen (secondary N) is 1. The zero-order chi connectivity index (χ0) is 17.8. The van der Waals surface area contributed by atoms with E-state index >= 15 is 0 Å². The molecule has 25 heavy (non-hydrogen) atoms. The Kier molecular flexibility index (Phi) is 5.25. The molecule has 2 atom stereocenters. The molecule has 1 aliphatic rings. The van der Waals surface area contributed by atoms with Gasteiger partial charge in [-0.05, 0) is 24.3 Å². The van der Waals surface area contributed by atoms with Crippen LogP contribution >= 0.6 is 0 Å². The van der Waals surface area contributed by atoms with E-state index in [4.69, 9.17) is 4.74 Å². The van der Waals surface area contributed by atoms with Gasteiger partial charge in [0.2, 0.25) is 0 Å². The lowest BCUT2D eigenvalue weighted by Crippen LogP contribution is -2.43. The third-order valence-electron chi connectivity index (χ3n) is 4.26. The minimum atomic E-state index is -0.731. The number of nitrogens with zero attached hydrogens (tertiary/aromatic N) is 2. The van der Waals surface area contributed by atoms with Crippen LogP contribution in [0.2, 0.25) is 0 Å². The van der Waals surface area contributed by atoms with E-state index in [1.165, 1.54) is 19.4 Å². The monoisotopic (exact) mass is 345 g/mol. The first-order chi connectivity index (χ1) is 12.1. The second-order valence-electron chi connectivity index (χ2n) is 5.98. The molecule has 7 heteroatoms. The Morgan fingerprint density at radius 3 is 2.92 bits per heavy atom. The lowest BCUT2D eigenvalue weighted by Gasteiger charge is -2.18. The van der Waals surface area contributed by atoms with Crippen molar-refractivity contribution in [1.82, 2.24) is 15.2 Å². The second-order valence-corrected chi connectivity index (χ2v) is 5.98. The van der Waals surface area contributed by atoms with Gasteiger partial charge in [0, 0.05) is 31.4 Å². The molecule has 3 rings (SSSR count). The van der Waals surface area contributed by atoms with Gasteiger partial charge in [-0.1, -0.05) is 12.1 Å². The first-order valence-electron chi connectivity index (χ1n) is 8.02. The van der Waals surface area contributed by atoms with E-state index in [0.717, 1.165) is 0 Å². The standard InChI is InChI=1S/C18H20FN3O3/c1-25-17-7-4-5-13(19)12(17)9-22-10-15(16(23)11-22)21-18(24)14-6-2-3-8-20-14/h2-8,15-16,23H,9-11H2,1H3,(H,21,24)/t15-,16-/m1/s1. The van der Waals surface area contributed by atoms with Crippen LogP contribution in [0.4, 0.5) is 4.39 Å². The van der Waals surface area contributed by atoms with Crippen molar-refractivity contribution in [2.24, 2.45) is 0 Å². The van der Waals surface area contributed by atoms with Crippen molar-refractivity contribution >= 4 is 5.91 Å². The number of methoxy groups -OCH3 is 1. The van der Waals surface area contributed by atoms with Crippen molar-refractivity contribution in [3.05, 3.63) is 59.7 Å². The number of pyridine rings is 1. The quantitative estimate of drug-likeness (QED) is 0.852. The number of carbonyl (C=O) groups excluding carboxylic acids is 1. The summed E-state index contributed by atoms with van der Waals surface area (Å²) in [6.45, 7) is 1.05. The highest BCUT2D eigenvalue weighted by Crippen LogP contribution is 2.24. The molecule has 1 saturated heterocycles. The van der Waals surface area contributed by atoms with Crippen LogP contribution in [0.15, 0.2) is 42.6 Å². The average molecular weight is 345 g/mol. The molecule has 0 saturated carbocycles. The maximum atomic E-state index is 14.1. The van der Waals surface area contributed by atoms with E-state index in [-0.39, 0.29) is 11.7 Å². The minimum absolute atomic E-state index is 0.295. The van der Waals surface area contributed by atoms with E-state index in [2.05, 4.69) is 10.3 Å². The summed E-state index contributed by atoms with van der Waals surface area (Å²) in [6.07, 6.45) is 0.807. The number of amides is 1. The average Bonchev–Trinajstić information content (AvgIpc) is 2.96. The summed E-state index contributed by atoms with van der Waals surface area (Å²) in [5.41, 5.74) is 0.734. The Balaban J connectivity index is 1.65. The van der Waals surface area contributed by atoms with E-state index < -0.39 is 12.1 Å². The summed E-state index contributed by atoms with van der Waals surface area (Å²) in [6, 6.07) is 9.29. The molecule has 2 heterocycles. The van der Waals surface area contributed by atoms with Gasteiger partial charge in [0.05, 0.1) is 19.3 Å². The molecule has 0 radical (unpaired) electrons. The fourth-order valence-corrected chi connectivity index (χ4v) is 2.98. The SMILES string of the molecule is COc1cccc(F)c1CN1C[C@@H](O)[C@H](NC(=O)c2ccccn2)C1. The topological polar surface area (TPSA) is 74.7 Å². The van der Waals surface area contributed by atoms with E-state index in [1.54, 1.807) is 30.3 Å². The normalized spacial score (nSPS) is 20.4. The lowest BCUT2D eigenvalue weighted by atomic mass is 10.1. The molecule has 1 aliphatic heterocycles. The fraction of sp³-hybridized carbons (Fsp3) is 0.333. The van der Waals surface area contributed by atoms with Crippen molar-refractivity contribution in [3.63, 3.8) is 0 Å². The van der Waals surface area contributed by atoms with Gasteiger partial charge in [0.15, 0.2) is 0 Å². The van der Waals surface area contributed by atoms with E-state index in [1.807, 2.05) is 4.90 Å². The van der Waals surface area contributed by atoms with Crippen molar-refractivity contribution in [2.75, 3.05) is 20.2 Å². The van der Waals surface area contributed by atoms with E-state index in [9.17, 15) is 14.3 Å². The number of benzene rings is 1. The predicted molar refractivity (Wildman–Crippen MR) is 89.7 cm³/mol.